The lowest BCUT2D eigenvalue weighted by atomic mass is 10.1. The molecule has 4 nitrogen and oxygen atoms in total. The van der Waals surface area contributed by atoms with Crippen LogP contribution < -0.4 is 0 Å². The minimum absolute atomic E-state index is 0.0457. The number of hydrogen-bond donors (Lipinski definition) is 0. The zero-order valence-electron chi connectivity index (χ0n) is 11.3. The summed E-state index contributed by atoms with van der Waals surface area (Å²) in [5.74, 6) is 0.347. The predicted molar refractivity (Wildman–Crippen MR) is 76.2 cm³/mol. The summed E-state index contributed by atoms with van der Waals surface area (Å²) in [5, 5.41) is 0.395. The molecule has 22 heavy (non-hydrogen) atoms. The summed E-state index contributed by atoms with van der Waals surface area (Å²) < 4.78 is 39.6. The molecule has 0 unspecified atom stereocenters. The minimum Gasteiger partial charge on any atom is -0.327 e. The fraction of sp³-hybridized carbons (Fsp3) is 0.214. The molecule has 0 amide bonds. The van der Waals surface area contributed by atoms with Crippen LogP contribution in [-0.2, 0) is 6.54 Å². The summed E-state index contributed by atoms with van der Waals surface area (Å²) in [6.45, 7) is 0.390. The molecule has 0 aliphatic heterocycles. The molecule has 0 saturated heterocycles. The lowest BCUT2D eigenvalue weighted by molar-refractivity contribution is -0.139. The summed E-state index contributed by atoms with van der Waals surface area (Å²) in [6, 6.07) is 4.41. The lowest BCUT2D eigenvalue weighted by Crippen LogP contribution is -2.17. The van der Waals surface area contributed by atoms with Crippen LogP contribution in [0.4, 0.5) is 13.2 Å². The SMILES string of the molecule is Cc1nc(Cl)c2c(n1)c1cc(C=O)ccc1n2CC(F)(F)F. The lowest BCUT2D eigenvalue weighted by Gasteiger charge is -2.11. The summed E-state index contributed by atoms with van der Waals surface area (Å²) in [7, 11) is 0. The van der Waals surface area contributed by atoms with Gasteiger partial charge in [-0.1, -0.05) is 11.6 Å². The fourth-order valence-electron chi connectivity index (χ4n) is 2.48. The number of benzene rings is 1. The van der Waals surface area contributed by atoms with Crippen molar-refractivity contribution >= 4 is 39.8 Å². The Morgan fingerprint density at radius 3 is 2.68 bits per heavy atom. The standard InChI is InChI=1S/C14H9ClF3N3O/c1-7-19-11-9-4-8(5-22)2-3-10(9)21(6-14(16,17)18)12(11)13(15)20-7/h2-5H,6H2,1H3. The third kappa shape index (κ3) is 2.41. The number of aromatic nitrogens is 3. The van der Waals surface area contributed by atoms with Crippen LogP contribution in [0.2, 0.25) is 5.15 Å². The predicted octanol–water partition coefficient (Wildman–Crippen LogP) is 3.92. The highest BCUT2D eigenvalue weighted by Gasteiger charge is 2.31. The van der Waals surface area contributed by atoms with E-state index in [1.165, 1.54) is 18.2 Å². The Hall–Kier alpha value is -2.15. The summed E-state index contributed by atoms with van der Waals surface area (Å²) in [5.41, 5.74) is 1.08. The first kappa shape index (κ1) is 14.8. The van der Waals surface area contributed by atoms with Crippen LogP contribution in [0.25, 0.3) is 21.9 Å². The van der Waals surface area contributed by atoms with E-state index in [4.69, 9.17) is 11.6 Å². The maximum absolute atomic E-state index is 12.9. The van der Waals surface area contributed by atoms with E-state index < -0.39 is 12.7 Å². The number of nitrogens with zero attached hydrogens (tertiary/aromatic N) is 3. The number of aryl methyl sites for hydroxylation is 1. The van der Waals surface area contributed by atoms with Crippen molar-refractivity contribution in [2.24, 2.45) is 0 Å². The van der Waals surface area contributed by atoms with Gasteiger partial charge in [-0.15, -0.1) is 0 Å². The second kappa shape index (κ2) is 4.95. The number of alkyl halides is 3. The molecule has 2 aromatic heterocycles. The fourth-order valence-corrected chi connectivity index (χ4v) is 2.79. The van der Waals surface area contributed by atoms with Crippen molar-refractivity contribution in [3.8, 4) is 0 Å². The van der Waals surface area contributed by atoms with Crippen molar-refractivity contribution in [2.75, 3.05) is 0 Å². The largest absolute Gasteiger partial charge is 0.406 e. The Labute approximate surface area is 127 Å². The molecule has 0 radical (unpaired) electrons. The molecule has 0 aliphatic rings. The van der Waals surface area contributed by atoms with E-state index in [1.54, 1.807) is 6.92 Å². The van der Waals surface area contributed by atoms with Crippen LogP contribution in [0, 0.1) is 6.92 Å². The zero-order valence-corrected chi connectivity index (χ0v) is 12.0. The summed E-state index contributed by atoms with van der Waals surface area (Å²) >= 11 is 6.03. The van der Waals surface area contributed by atoms with Gasteiger partial charge in [0.2, 0.25) is 0 Å². The van der Waals surface area contributed by atoms with Gasteiger partial charge < -0.3 is 4.57 Å². The van der Waals surface area contributed by atoms with Crippen LogP contribution in [0.3, 0.4) is 0 Å². The quantitative estimate of drug-likeness (QED) is 0.529. The van der Waals surface area contributed by atoms with Gasteiger partial charge in [-0.25, -0.2) is 9.97 Å². The van der Waals surface area contributed by atoms with Crippen LogP contribution in [0.15, 0.2) is 18.2 Å². The maximum Gasteiger partial charge on any atom is 0.406 e. The second-order valence-electron chi connectivity index (χ2n) is 4.85. The summed E-state index contributed by atoms with van der Waals surface area (Å²) in [4.78, 5) is 19.0. The number of rotatable bonds is 2. The number of carbonyl (C=O) groups is 1. The van der Waals surface area contributed by atoms with Crippen molar-refractivity contribution in [3.05, 3.63) is 34.7 Å². The molecular weight excluding hydrogens is 319 g/mol. The number of carbonyl (C=O) groups excluding carboxylic acids is 1. The number of aldehydes is 1. The number of halogens is 4. The summed E-state index contributed by atoms with van der Waals surface area (Å²) in [6.07, 6.45) is -3.79. The molecular formula is C14H9ClF3N3O. The van der Waals surface area contributed by atoms with E-state index in [1.807, 2.05) is 0 Å². The molecule has 114 valence electrons. The van der Waals surface area contributed by atoms with E-state index in [0.717, 1.165) is 4.57 Å². The van der Waals surface area contributed by atoms with Gasteiger partial charge in [-0.2, -0.15) is 13.2 Å². The van der Waals surface area contributed by atoms with Gasteiger partial charge >= 0.3 is 6.18 Å². The molecule has 2 heterocycles. The first-order valence-corrected chi connectivity index (χ1v) is 6.66. The van der Waals surface area contributed by atoms with Gasteiger partial charge in [0, 0.05) is 10.9 Å². The molecule has 0 spiro atoms. The molecule has 8 heteroatoms. The molecule has 1 aromatic carbocycles. The average Bonchev–Trinajstić information content (AvgIpc) is 2.71. The van der Waals surface area contributed by atoms with Crippen molar-refractivity contribution in [3.63, 3.8) is 0 Å². The van der Waals surface area contributed by atoms with Crippen molar-refractivity contribution < 1.29 is 18.0 Å². The third-order valence-corrected chi connectivity index (χ3v) is 3.53. The van der Waals surface area contributed by atoms with Crippen molar-refractivity contribution in [2.45, 2.75) is 19.6 Å². The monoisotopic (exact) mass is 327 g/mol. The zero-order chi connectivity index (χ0) is 16.1. The van der Waals surface area contributed by atoms with Gasteiger partial charge in [0.15, 0.2) is 5.15 Å². The Balaban J connectivity index is 2.47. The molecule has 0 aliphatic carbocycles. The van der Waals surface area contributed by atoms with Crippen LogP contribution in [0.1, 0.15) is 16.2 Å². The smallest absolute Gasteiger partial charge is 0.327 e. The van der Waals surface area contributed by atoms with Crippen molar-refractivity contribution in [1.29, 1.82) is 0 Å². The molecule has 0 N–H and O–H groups in total. The van der Waals surface area contributed by atoms with E-state index in [0.29, 0.717) is 34.1 Å². The molecule has 0 atom stereocenters. The Morgan fingerprint density at radius 1 is 1.32 bits per heavy atom. The third-order valence-electron chi connectivity index (χ3n) is 3.26. The van der Waals surface area contributed by atoms with E-state index >= 15 is 0 Å². The van der Waals surface area contributed by atoms with Gasteiger partial charge in [-0.3, -0.25) is 4.79 Å². The van der Waals surface area contributed by atoms with Crippen LogP contribution in [-0.4, -0.2) is 27.0 Å². The highest BCUT2D eigenvalue weighted by Crippen LogP contribution is 2.34. The van der Waals surface area contributed by atoms with Gasteiger partial charge in [0.1, 0.15) is 29.7 Å². The maximum atomic E-state index is 12.9. The van der Waals surface area contributed by atoms with Gasteiger partial charge in [-0.05, 0) is 25.1 Å². The molecule has 0 fully saturated rings. The minimum atomic E-state index is -4.42. The number of hydrogen-bond acceptors (Lipinski definition) is 3. The molecule has 0 bridgehead atoms. The van der Waals surface area contributed by atoms with E-state index in [2.05, 4.69) is 9.97 Å². The molecule has 3 aromatic rings. The second-order valence-corrected chi connectivity index (χ2v) is 5.21. The van der Waals surface area contributed by atoms with Gasteiger partial charge in [0.25, 0.3) is 0 Å². The van der Waals surface area contributed by atoms with E-state index in [9.17, 15) is 18.0 Å². The first-order valence-electron chi connectivity index (χ1n) is 6.28. The Kier molecular flexibility index (Phi) is 3.32. The average molecular weight is 328 g/mol. The van der Waals surface area contributed by atoms with Gasteiger partial charge in [0.05, 0.1) is 5.52 Å². The van der Waals surface area contributed by atoms with Crippen LogP contribution in [0.5, 0.6) is 0 Å². The highest BCUT2D eigenvalue weighted by molar-refractivity contribution is 6.34. The highest BCUT2D eigenvalue weighted by atomic mass is 35.5. The first-order chi connectivity index (χ1) is 10.3. The Morgan fingerprint density at radius 2 is 2.05 bits per heavy atom. The van der Waals surface area contributed by atoms with Crippen molar-refractivity contribution in [1.82, 2.24) is 14.5 Å². The molecule has 3 rings (SSSR count). The Bertz CT molecular complexity index is 902. The topological polar surface area (TPSA) is 47.8 Å². The van der Waals surface area contributed by atoms with E-state index in [-0.39, 0.29) is 10.7 Å². The molecule has 0 saturated carbocycles. The van der Waals surface area contributed by atoms with Crippen LogP contribution >= 0.6 is 11.6 Å². The normalized spacial score (nSPS) is 12.2. The number of fused-ring (bicyclic) bond motifs is 3.